The highest BCUT2D eigenvalue weighted by molar-refractivity contribution is 7.18. The zero-order valence-corrected chi connectivity index (χ0v) is 18.6. The van der Waals surface area contributed by atoms with Gasteiger partial charge in [0.1, 0.15) is 16.5 Å². The van der Waals surface area contributed by atoms with Crippen molar-refractivity contribution in [1.82, 2.24) is 19.9 Å². The summed E-state index contributed by atoms with van der Waals surface area (Å²) in [5.41, 5.74) is 2.20. The summed E-state index contributed by atoms with van der Waals surface area (Å²) in [5, 5.41) is 0.726. The molecule has 7 nitrogen and oxygen atoms in total. The third kappa shape index (κ3) is 3.14. The van der Waals surface area contributed by atoms with Gasteiger partial charge in [-0.2, -0.15) is 0 Å². The van der Waals surface area contributed by atoms with Crippen LogP contribution >= 0.6 is 11.3 Å². The second-order valence-electron chi connectivity index (χ2n) is 8.41. The quantitative estimate of drug-likeness (QED) is 0.695. The van der Waals surface area contributed by atoms with Crippen LogP contribution in [0.25, 0.3) is 10.2 Å². The van der Waals surface area contributed by atoms with Gasteiger partial charge in [-0.3, -0.25) is 9.69 Å². The number of aromatic nitrogens is 3. The molecule has 0 saturated carbocycles. The predicted octanol–water partition coefficient (Wildman–Crippen LogP) is 3.17. The number of thiophene rings is 1. The number of pyridine rings is 1. The molecule has 2 aliphatic rings. The van der Waals surface area contributed by atoms with E-state index in [1.165, 1.54) is 5.56 Å². The van der Waals surface area contributed by atoms with Gasteiger partial charge in [0.25, 0.3) is 5.56 Å². The molecule has 5 rings (SSSR count). The van der Waals surface area contributed by atoms with Gasteiger partial charge >= 0.3 is 0 Å². The second-order valence-corrected chi connectivity index (χ2v) is 9.61. The topological polar surface area (TPSA) is 74.3 Å². The van der Waals surface area contributed by atoms with E-state index in [1.807, 2.05) is 26.1 Å². The summed E-state index contributed by atoms with van der Waals surface area (Å²) >= 11 is 1.60. The molecule has 8 heteroatoms. The average molecular weight is 426 g/mol. The van der Waals surface area contributed by atoms with Crippen molar-refractivity contribution in [1.29, 1.82) is 0 Å². The zero-order chi connectivity index (χ0) is 21.0. The molecular weight excluding hydrogens is 398 g/mol. The Kier molecular flexibility index (Phi) is 4.88. The van der Waals surface area contributed by atoms with Gasteiger partial charge in [0.2, 0.25) is 0 Å². The highest BCUT2D eigenvalue weighted by Gasteiger charge is 2.38. The number of fused-ring (bicyclic) bond motifs is 4. The van der Waals surface area contributed by atoms with Gasteiger partial charge in [0.15, 0.2) is 0 Å². The van der Waals surface area contributed by atoms with E-state index < -0.39 is 0 Å². The van der Waals surface area contributed by atoms with Crippen molar-refractivity contribution in [3.05, 3.63) is 50.5 Å². The van der Waals surface area contributed by atoms with Crippen molar-refractivity contribution < 1.29 is 4.74 Å². The third-order valence-electron chi connectivity index (χ3n) is 6.67. The molecular formula is C22H27N5O2S. The number of nitrogens with one attached hydrogen (secondary N) is 1. The molecule has 1 fully saturated rings. The van der Waals surface area contributed by atoms with Gasteiger partial charge in [-0.25, -0.2) is 9.97 Å². The number of H-pyrrole nitrogens is 1. The molecule has 0 aliphatic carbocycles. The summed E-state index contributed by atoms with van der Waals surface area (Å²) in [6, 6.07) is 4.46. The third-order valence-corrected chi connectivity index (χ3v) is 7.77. The first-order chi connectivity index (χ1) is 14.5. The number of nitrogens with zero attached hydrogens (tertiary/aromatic N) is 4. The Labute approximate surface area is 179 Å². The molecule has 1 saturated heterocycles. The lowest BCUT2D eigenvalue weighted by Gasteiger charge is -2.30. The van der Waals surface area contributed by atoms with Crippen LogP contribution in [0.2, 0.25) is 0 Å². The van der Waals surface area contributed by atoms with E-state index in [-0.39, 0.29) is 17.7 Å². The van der Waals surface area contributed by atoms with Crippen LogP contribution in [0.3, 0.4) is 0 Å². The highest BCUT2D eigenvalue weighted by atomic mass is 32.1. The summed E-state index contributed by atoms with van der Waals surface area (Å²) in [5.74, 6) is 1.78. The van der Waals surface area contributed by atoms with Crippen molar-refractivity contribution in [2.45, 2.75) is 51.9 Å². The van der Waals surface area contributed by atoms with Crippen LogP contribution in [0.15, 0.2) is 23.1 Å². The standard InChI is InChI=1S/C22H27N5O2S/c1-12-14(3)30-22-18(12)21(28)24-19(25-22)13(2)26-9-15-6-5-7-23-20(15)27-11-17(29-4)8-16(27)10-26/h5-7,13,16-17H,8-11H2,1-4H3,(H,24,25,28)/t13?,16-,17+/m0/s1. The number of aryl methyl sites for hydroxylation is 2. The maximum atomic E-state index is 12.8. The lowest BCUT2D eigenvalue weighted by atomic mass is 10.1. The Hall–Kier alpha value is -2.29. The van der Waals surface area contributed by atoms with Crippen LogP contribution < -0.4 is 10.5 Å². The van der Waals surface area contributed by atoms with Crippen molar-refractivity contribution in [3.63, 3.8) is 0 Å². The minimum absolute atomic E-state index is 0.0144. The molecule has 1 N–H and O–H groups in total. The molecule has 5 heterocycles. The van der Waals surface area contributed by atoms with Gasteiger partial charge in [-0.05, 0) is 38.8 Å². The number of hydrogen-bond donors (Lipinski definition) is 1. The first kappa shape index (κ1) is 19.7. The van der Waals surface area contributed by atoms with E-state index in [2.05, 4.69) is 27.8 Å². The summed E-state index contributed by atoms with van der Waals surface area (Å²) in [4.78, 5) is 32.2. The highest BCUT2D eigenvalue weighted by Crippen LogP contribution is 2.35. The van der Waals surface area contributed by atoms with Crippen LogP contribution in [0.5, 0.6) is 0 Å². The van der Waals surface area contributed by atoms with Crippen LogP contribution in [-0.2, 0) is 11.3 Å². The molecule has 0 amide bonds. The normalized spacial score (nSPS) is 22.7. The van der Waals surface area contributed by atoms with Crippen molar-refractivity contribution in [3.8, 4) is 0 Å². The predicted molar refractivity (Wildman–Crippen MR) is 119 cm³/mol. The van der Waals surface area contributed by atoms with Crippen molar-refractivity contribution in [2.24, 2.45) is 0 Å². The molecule has 0 radical (unpaired) electrons. The van der Waals surface area contributed by atoms with E-state index in [0.717, 1.165) is 58.4 Å². The molecule has 3 atom stereocenters. The van der Waals surface area contributed by atoms with Crippen molar-refractivity contribution in [2.75, 3.05) is 25.1 Å². The van der Waals surface area contributed by atoms with E-state index in [1.54, 1.807) is 18.4 Å². The van der Waals surface area contributed by atoms with E-state index >= 15 is 0 Å². The summed E-state index contributed by atoms with van der Waals surface area (Å²) < 4.78 is 5.67. The Balaban J connectivity index is 1.52. The molecule has 0 aromatic carbocycles. The van der Waals surface area contributed by atoms with Gasteiger partial charge in [-0.15, -0.1) is 11.3 Å². The number of rotatable bonds is 3. The smallest absolute Gasteiger partial charge is 0.259 e. The first-order valence-corrected chi connectivity index (χ1v) is 11.2. The van der Waals surface area contributed by atoms with E-state index in [4.69, 9.17) is 14.7 Å². The largest absolute Gasteiger partial charge is 0.380 e. The maximum absolute atomic E-state index is 12.8. The first-order valence-electron chi connectivity index (χ1n) is 10.4. The molecule has 1 unspecified atom stereocenters. The Bertz CT molecular complexity index is 1160. The van der Waals surface area contributed by atoms with Crippen LogP contribution in [0, 0.1) is 13.8 Å². The fourth-order valence-corrected chi connectivity index (χ4v) is 5.82. The van der Waals surface area contributed by atoms with Crippen molar-refractivity contribution >= 4 is 27.4 Å². The van der Waals surface area contributed by atoms with Crippen LogP contribution in [0.4, 0.5) is 5.82 Å². The Morgan fingerprint density at radius 3 is 2.97 bits per heavy atom. The monoisotopic (exact) mass is 425 g/mol. The minimum Gasteiger partial charge on any atom is -0.380 e. The molecule has 0 spiro atoms. The zero-order valence-electron chi connectivity index (χ0n) is 17.8. The lowest BCUT2D eigenvalue weighted by molar-refractivity contribution is 0.113. The van der Waals surface area contributed by atoms with Crippen LogP contribution in [0.1, 0.15) is 41.2 Å². The van der Waals surface area contributed by atoms with Gasteiger partial charge in [-0.1, -0.05) is 6.07 Å². The van der Waals surface area contributed by atoms with Gasteiger partial charge in [0, 0.05) is 49.4 Å². The number of anilines is 1. The number of ether oxygens (including phenoxy) is 1. The number of hydrogen-bond acceptors (Lipinski definition) is 7. The molecule has 3 aromatic heterocycles. The maximum Gasteiger partial charge on any atom is 0.259 e. The fourth-order valence-electron chi connectivity index (χ4n) is 4.78. The molecule has 0 bridgehead atoms. The molecule has 3 aromatic rings. The number of methoxy groups -OCH3 is 1. The summed E-state index contributed by atoms with van der Waals surface area (Å²) in [6.45, 7) is 8.69. The summed E-state index contributed by atoms with van der Waals surface area (Å²) in [6.07, 6.45) is 3.05. The second kappa shape index (κ2) is 7.44. The molecule has 158 valence electrons. The van der Waals surface area contributed by atoms with E-state index in [0.29, 0.717) is 6.04 Å². The Morgan fingerprint density at radius 1 is 1.33 bits per heavy atom. The average Bonchev–Trinajstić information content (AvgIpc) is 3.23. The van der Waals surface area contributed by atoms with E-state index in [9.17, 15) is 4.79 Å². The molecule has 30 heavy (non-hydrogen) atoms. The van der Waals surface area contributed by atoms with Gasteiger partial charge < -0.3 is 14.6 Å². The fraction of sp³-hybridized carbons (Fsp3) is 0.500. The lowest BCUT2D eigenvalue weighted by Crippen LogP contribution is -2.39. The number of aromatic amines is 1. The minimum atomic E-state index is -0.0393. The van der Waals surface area contributed by atoms with Crippen LogP contribution in [-0.4, -0.2) is 52.2 Å². The summed E-state index contributed by atoms with van der Waals surface area (Å²) in [7, 11) is 1.78. The van der Waals surface area contributed by atoms with Gasteiger partial charge in [0.05, 0.1) is 17.5 Å². The SMILES string of the molecule is CO[C@@H]1C[C@H]2CN(C(C)c3nc4sc(C)c(C)c4c(=O)[nH]3)Cc3cccnc3N2C1. The molecule has 2 aliphatic heterocycles. The Morgan fingerprint density at radius 2 is 2.17 bits per heavy atom.